The fourth-order valence-corrected chi connectivity index (χ4v) is 11.0. The minimum absolute atomic E-state index is 0.0435. The normalized spacial score (nSPS) is 22.9. The molecule has 2 amide bonds. The second-order valence-electron chi connectivity index (χ2n) is 18.9. The summed E-state index contributed by atoms with van der Waals surface area (Å²) in [5.74, 6) is 2.12. The minimum atomic E-state index is -0.846. The number of likely N-dealkylation sites (tertiary alicyclic amines) is 1. The number of carbonyl (C=O) groups excluding carboxylic acids is 2. The molecule has 3 fully saturated rings. The van der Waals surface area contributed by atoms with Crippen molar-refractivity contribution in [1.29, 1.82) is 0 Å². The van der Waals surface area contributed by atoms with E-state index in [4.69, 9.17) is 14.2 Å². The van der Waals surface area contributed by atoms with Crippen LogP contribution >= 0.6 is 0 Å². The second kappa shape index (κ2) is 17.3. The number of hydrogen-bond acceptors (Lipinski definition) is 6. The van der Waals surface area contributed by atoms with Crippen molar-refractivity contribution < 1.29 is 33.7 Å². The van der Waals surface area contributed by atoms with Gasteiger partial charge in [-0.1, -0.05) is 0 Å². The first-order valence-electron chi connectivity index (χ1n) is 22.2. The van der Waals surface area contributed by atoms with Crippen molar-refractivity contribution in [2.45, 2.75) is 109 Å². The topological polar surface area (TPSA) is 124 Å². The third kappa shape index (κ3) is 8.92. The van der Waals surface area contributed by atoms with E-state index in [0.717, 1.165) is 93.3 Å². The Morgan fingerprint density at radius 2 is 1.22 bits per heavy atom. The lowest BCUT2D eigenvalue weighted by Crippen LogP contribution is -2.50. The van der Waals surface area contributed by atoms with Gasteiger partial charge in [0.1, 0.15) is 5.60 Å². The third-order valence-electron chi connectivity index (χ3n) is 14.1. The molecule has 11 heteroatoms. The maximum atomic E-state index is 13.6. The molecule has 3 aliphatic heterocycles. The molecule has 59 heavy (non-hydrogen) atoms. The zero-order valence-electron chi connectivity index (χ0n) is 35.8. The molecule has 3 atom stereocenters. The lowest BCUT2D eigenvalue weighted by molar-refractivity contribution is 0.0438. The number of ether oxygens (including phenoxy) is 3. The van der Waals surface area contributed by atoms with Crippen molar-refractivity contribution >= 4 is 39.8 Å². The van der Waals surface area contributed by atoms with Gasteiger partial charge in [0, 0.05) is 98.4 Å². The summed E-state index contributed by atoms with van der Waals surface area (Å²) in [7, 11) is 4.27. The lowest BCUT2D eigenvalue weighted by Gasteiger charge is -2.34. The van der Waals surface area contributed by atoms with Crippen LogP contribution in [-0.4, -0.2) is 88.3 Å². The molecule has 9 rings (SSSR count). The number of aromatic nitrogens is 2. The van der Waals surface area contributed by atoms with Crippen molar-refractivity contribution in [1.82, 2.24) is 19.4 Å². The van der Waals surface area contributed by atoms with Crippen LogP contribution in [0.4, 0.5) is 4.79 Å². The highest BCUT2D eigenvalue weighted by Crippen LogP contribution is 2.41. The van der Waals surface area contributed by atoms with Gasteiger partial charge < -0.3 is 38.7 Å². The Morgan fingerprint density at radius 1 is 0.712 bits per heavy atom. The van der Waals surface area contributed by atoms with Crippen LogP contribution in [0.1, 0.15) is 115 Å². The highest BCUT2D eigenvalue weighted by Gasteiger charge is 2.33. The largest absolute Gasteiger partial charge is 0.478 e. The molecule has 11 nitrogen and oxygen atoms in total. The molecule has 3 saturated heterocycles. The Balaban J connectivity index is 0.000000180. The summed E-state index contributed by atoms with van der Waals surface area (Å²) in [6.45, 7) is 10.4. The molecule has 0 spiro atoms. The molecular formula is C48H64N4O7. The summed E-state index contributed by atoms with van der Waals surface area (Å²) in [6.07, 6.45) is 12.9. The summed E-state index contributed by atoms with van der Waals surface area (Å²) in [6, 6.07) is 11.6. The van der Waals surface area contributed by atoms with Crippen LogP contribution in [0.15, 0.2) is 36.4 Å². The maximum absolute atomic E-state index is 13.6. The van der Waals surface area contributed by atoms with Crippen LogP contribution < -0.4 is 5.32 Å². The van der Waals surface area contributed by atoms with Crippen LogP contribution in [0.2, 0.25) is 0 Å². The molecule has 4 aromatic rings. The quantitative estimate of drug-likeness (QED) is 0.208. The summed E-state index contributed by atoms with van der Waals surface area (Å²) >= 11 is 0. The van der Waals surface area contributed by atoms with Gasteiger partial charge in [0.25, 0.3) is 5.91 Å². The summed E-state index contributed by atoms with van der Waals surface area (Å²) in [4.78, 5) is 39.0. The van der Waals surface area contributed by atoms with Gasteiger partial charge in [-0.3, -0.25) is 4.79 Å². The Bertz CT molecular complexity index is 2180. The number of hydrogen-bond donors (Lipinski definition) is 2. The summed E-state index contributed by atoms with van der Waals surface area (Å²) < 4.78 is 21.1. The number of aryl methyl sites for hydroxylation is 2. The monoisotopic (exact) mass is 808 g/mol. The highest BCUT2D eigenvalue weighted by molar-refractivity contribution is 5.99. The molecule has 5 heterocycles. The Labute approximate surface area is 348 Å². The van der Waals surface area contributed by atoms with E-state index in [2.05, 4.69) is 40.7 Å². The van der Waals surface area contributed by atoms with Crippen molar-refractivity contribution in [3.05, 3.63) is 70.0 Å². The zero-order chi connectivity index (χ0) is 41.4. The number of aromatic carboxylic acids is 1. The van der Waals surface area contributed by atoms with Gasteiger partial charge >= 0.3 is 12.1 Å². The Morgan fingerprint density at radius 3 is 1.73 bits per heavy atom. The number of fused-ring (bicyclic) bond motifs is 6. The molecule has 5 aliphatic rings. The van der Waals surface area contributed by atoms with Gasteiger partial charge in [-0.05, 0) is 169 Å². The maximum Gasteiger partial charge on any atom is 0.407 e. The molecule has 0 unspecified atom stereocenters. The van der Waals surface area contributed by atoms with Crippen molar-refractivity contribution in [3.8, 4) is 0 Å². The number of nitrogens with one attached hydrogen (secondary N) is 1. The number of nitrogens with zero attached hydrogens (tertiary/aromatic N) is 3. The number of alkyl carbamates (subject to hydrolysis) is 1. The standard InChI is InChI=1S/C29H41N3O4.C19H23NO3/c1-29(2,3)36-28(34)30-22-6-5-13-32(18-22)27(33)21-8-10-26-24(17-21)23-16-20(7-9-25(23)31(26)4)19-11-14-35-15-12-19;1-20-17-4-2-13(12-6-8-23-9-7-12)10-15(17)16-11-14(19(21)22)3-5-18(16)20/h8,10,17,19-20,22H,5-7,9,11-16,18H2,1-4H3,(H,30,34);3,5,11-13H,2,4,6-10H2,1H3,(H,21,22)/t20-,22+;13-/m11/s1. The first kappa shape index (κ1) is 41.4. The SMILES string of the molecule is Cn1c2c(c3cc(C(=O)N4CCC[C@H](NC(=O)OC(C)(C)C)C4)ccc31)C[C@H](C1CCOCC1)CC2.Cn1c2c(c3cc(C(=O)O)ccc31)C[C@H](C1CCOCC1)CC2. The van der Waals surface area contributed by atoms with Crippen molar-refractivity contribution in [3.63, 3.8) is 0 Å². The number of rotatable bonds is 5. The first-order valence-corrected chi connectivity index (χ1v) is 22.2. The molecule has 318 valence electrons. The fourth-order valence-electron chi connectivity index (χ4n) is 11.0. The van der Waals surface area contributed by atoms with Gasteiger partial charge in [0.05, 0.1) is 5.56 Å². The molecule has 2 aromatic carbocycles. The van der Waals surface area contributed by atoms with E-state index in [1.165, 1.54) is 71.9 Å². The van der Waals surface area contributed by atoms with Crippen LogP contribution in [0.25, 0.3) is 21.8 Å². The molecule has 0 bridgehead atoms. The van der Waals surface area contributed by atoms with Crippen molar-refractivity contribution in [2.24, 2.45) is 37.8 Å². The van der Waals surface area contributed by atoms with Gasteiger partial charge in [-0.15, -0.1) is 0 Å². The lowest BCUT2D eigenvalue weighted by atomic mass is 9.75. The van der Waals surface area contributed by atoms with E-state index in [1.807, 2.05) is 43.9 Å². The van der Waals surface area contributed by atoms with E-state index in [1.54, 1.807) is 6.07 Å². The molecule has 0 saturated carbocycles. The van der Waals surface area contributed by atoms with Gasteiger partial charge in [-0.25, -0.2) is 9.59 Å². The first-order chi connectivity index (χ1) is 28.3. The number of carbonyl (C=O) groups is 3. The van der Waals surface area contributed by atoms with Crippen molar-refractivity contribution in [2.75, 3.05) is 39.5 Å². The number of piperidine rings is 1. The molecular weight excluding hydrogens is 745 g/mol. The Kier molecular flexibility index (Phi) is 12.2. The zero-order valence-corrected chi connectivity index (χ0v) is 35.8. The van der Waals surface area contributed by atoms with Crippen LogP contribution in [0, 0.1) is 23.7 Å². The third-order valence-corrected chi connectivity index (χ3v) is 14.1. The number of benzene rings is 2. The summed E-state index contributed by atoms with van der Waals surface area (Å²) in [5, 5.41) is 14.6. The molecule has 2 aromatic heterocycles. The highest BCUT2D eigenvalue weighted by atomic mass is 16.6. The Hall–Kier alpha value is -4.35. The van der Waals surface area contributed by atoms with E-state index in [9.17, 15) is 19.5 Å². The van der Waals surface area contributed by atoms with Gasteiger partial charge in [0.2, 0.25) is 0 Å². The smallest absolute Gasteiger partial charge is 0.407 e. The van der Waals surface area contributed by atoms with Crippen LogP contribution in [0.5, 0.6) is 0 Å². The average molecular weight is 809 g/mol. The van der Waals surface area contributed by atoms with E-state index >= 15 is 0 Å². The minimum Gasteiger partial charge on any atom is -0.478 e. The van der Waals surface area contributed by atoms with Gasteiger partial charge in [-0.2, -0.15) is 0 Å². The second-order valence-corrected chi connectivity index (χ2v) is 18.9. The fraction of sp³-hybridized carbons (Fsp3) is 0.604. The number of carboxylic acids is 1. The van der Waals surface area contributed by atoms with Gasteiger partial charge in [0.15, 0.2) is 0 Å². The molecule has 2 N–H and O–H groups in total. The number of amides is 2. The van der Waals surface area contributed by atoms with E-state index in [0.29, 0.717) is 30.5 Å². The predicted octanol–water partition coefficient (Wildman–Crippen LogP) is 8.25. The summed E-state index contributed by atoms with van der Waals surface area (Å²) in [5.41, 5.74) is 8.60. The van der Waals surface area contributed by atoms with Crippen LogP contribution in [0.3, 0.4) is 0 Å². The molecule has 0 radical (unpaired) electrons. The number of carboxylic acid groups (broad SMARTS) is 1. The van der Waals surface area contributed by atoms with E-state index in [-0.39, 0.29) is 11.9 Å². The predicted molar refractivity (Wildman–Crippen MR) is 229 cm³/mol. The molecule has 2 aliphatic carbocycles. The average Bonchev–Trinajstić information content (AvgIpc) is 3.68. The van der Waals surface area contributed by atoms with E-state index < -0.39 is 17.7 Å². The van der Waals surface area contributed by atoms with Crippen LogP contribution in [-0.2, 0) is 54.0 Å².